The van der Waals surface area contributed by atoms with E-state index in [2.05, 4.69) is 19.9 Å². The molecule has 0 bridgehead atoms. The number of carboxylic acids is 1. The highest BCUT2D eigenvalue weighted by atomic mass is 16.5. The lowest BCUT2D eigenvalue weighted by molar-refractivity contribution is 0.0693. The van der Waals surface area contributed by atoms with Gasteiger partial charge in [-0.25, -0.2) is 14.8 Å². The van der Waals surface area contributed by atoms with Gasteiger partial charge >= 0.3 is 5.97 Å². The number of aromatic nitrogens is 4. The fourth-order valence-corrected chi connectivity index (χ4v) is 1.87. The predicted molar refractivity (Wildman–Crippen MR) is 71.7 cm³/mol. The molecule has 106 valence electrons. The first kappa shape index (κ1) is 12.9. The number of imidazole rings is 1. The summed E-state index contributed by atoms with van der Waals surface area (Å²) < 4.78 is 10.8. The molecule has 0 radical (unpaired) electrons. The average Bonchev–Trinajstić information content (AvgIpc) is 2.96. The van der Waals surface area contributed by atoms with Gasteiger partial charge in [0.1, 0.15) is 17.4 Å². The van der Waals surface area contributed by atoms with Gasteiger partial charge in [0.05, 0.1) is 13.4 Å². The number of hydrogen-bond donors (Lipinski definition) is 2. The van der Waals surface area contributed by atoms with E-state index in [9.17, 15) is 9.90 Å². The Bertz CT molecular complexity index is 815. The number of carboxylic acid groups (broad SMARTS) is 1. The third-order valence-corrected chi connectivity index (χ3v) is 2.82. The van der Waals surface area contributed by atoms with Gasteiger partial charge in [0.25, 0.3) is 0 Å². The fourth-order valence-electron chi connectivity index (χ4n) is 1.87. The standard InChI is InChI=1S/C13H10N4O4/c1-20-8-4-2-3-7(13(18)19)10(8)21-12-9-11(15-5-14-9)16-6-17-12/h2-6H,1H3,(H,18,19)(H,14,15,16,17). The molecular formula is C13H10N4O4. The van der Waals surface area contributed by atoms with Gasteiger partial charge in [-0.1, -0.05) is 6.07 Å². The van der Waals surface area contributed by atoms with E-state index in [0.29, 0.717) is 16.9 Å². The molecule has 0 aliphatic rings. The zero-order valence-corrected chi connectivity index (χ0v) is 10.9. The number of carbonyl (C=O) groups is 1. The molecule has 0 atom stereocenters. The molecule has 2 aromatic heterocycles. The highest BCUT2D eigenvalue weighted by Crippen LogP contribution is 2.35. The summed E-state index contributed by atoms with van der Waals surface area (Å²) in [5.41, 5.74) is 0.868. The topological polar surface area (TPSA) is 110 Å². The minimum atomic E-state index is -1.13. The second kappa shape index (κ2) is 5.08. The van der Waals surface area contributed by atoms with Crippen molar-refractivity contribution in [2.45, 2.75) is 0 Å². The first-order chi connectivity index (χ1) is 10.2. The van der Waals surface area contributed by atoms with E-state index in [1.165, 1.54) is 25.8 Å². The SMILES string of the molecule is COc1cccc(C(=O)O)c1Oc1ncnc2nc[nH]c12. The lowest BCUT2D eigenvalue weighted by atomic mass is 10.2. The van der Waals surface area contributed by atoms with E-state index in [4.69, 9.17) is 9.47 Å². The maximum absolute atomic E-state index is 11.3. The van der Waals surface area contributed by atoms with Crippen LogP contribution < -0.4 is 9.47 Å². The number of methoxy groups -OCH3 is 1. The summed E-state index contributed by atoms with van der Waals surface area (Å²) in [5, 5.41) is 9.25. The molecule has 1 aromatic carbocycles. The van der Waals surface area contributed by atoms with Crippen molar-refractivity contribution in [1.29, 1.82) is 0 Å². The van der Waals surface area contributed by atoms with Gasteiger partial charge in [-0.3, -0.25) is 0 Å². The molecule has 0 fully saturated rings. The van der Waals surface area contributed by atoms with Gasteiger partial charge in [0.15, 0.2) is 17.1 Å². The molecule has 8 nitrogen and oxygen atoms in total. The van der Waals surface area contributed by atoms with E-state index in [1.54, 1.807) is 12.1 Å². The van der Waals surface area contributed by atoms with Crippen molar-refractivity contribution in [2.24, 2.45) is 0 Å². The van der Waals surface area contributed by atoms with E-state index in [1.807, 2.05) is 0 Å². The summed E-state index contributed by atoms with van der Waals surface area (Å²) in [5.74, 6) is -0.591. The van der Waals surface area contributed by atoms with Crippen molar-refractivity contribution in [1.82, 2.24) is 19.9 Å². The minimum absolute atomic E-state index is 0.0272. The number of H-pyrrole nitrogens is 1. The number of aromatic amines is 1. The minimum Gasteiger partial charge on any atom is -0.493 e. The van der Waals surface area contributed by atoms with Crippen LogP contribution in [-0.2, 0) is 0 Å². The van der Waals surface area contributed by atoms with Crippen molar-refractivity contribution in [3.63, 3.8) is 0 Å². The molecule has 21 heavy (non-hydrogen) atoms. The average molecular weight is 286 g/mol. The van der Waals surface area contributed by atoms with Crippen LogP contribution in [0.3, 0.4) is 0 Å². The van der Waals surface area contributed by atoms with Crippen molar-refractivity contribution in [2.75, 3.05) is 7.11 Å². The summed E-state index contributed by atoms with van der Waals surface area (Å²) in [6.07, 6.45) is 2.74. The van der Waals surface area contributed by atoms with Crippen molar-refractivity contribution >= 4 is 17.1 Å². The number of aromatic carboxylic acids is 1. The summed E-state index contributed by atoms with van der Waals surface area (Å²) in [7, 11) is 1.43. The van der Waals surface area contributed by atoms with Crippen LogP contribution >= 0.6 is 0 Å². The van der Waals surface area contributed by atoms with Gasteiger partial charge < -0.3 is 19.6 Å². The fraction of sp³-hybridized carbons (Fsp3) is 0.0769. The molecule has 0 saturated heterocycles. The van der Waals surface area contributed by atoms with Gasteiger partial charge in [-0.2, -0.15) is 4.98 Å². The molecule has 0 amide bonds. The molecule has 3 aromatic rings. The Hall–Kier alpha value is -3.16. The molecule has 2 heterocycles. The number of hydrogen-bond acceptors (Lipinski definition) is 6. The van der Waals surface area contributed by atoms with E-state index in [-0.39, 0.29) is 17.2 Å². The number of nitrogens with one attached hydrogen (secondary N) is 1. The first-order valence-corrected chi connectivity index (χ1v) is 5.93. The van der Waals surface area contributed by atoms with Crippen LogP contribution in [0.25, 0.3) is 11.2 Å². The van der Waals surface area contributed by atoms with Crippen molar-refractivity contribution in [3.8, 4) is 17.4 Å². The number of para-hydroxylation sites is 1. The Morgan fingerprint density at radius 3 is 2.90 bits per heavy atom. The second-order valence-corrected chi connectivity index (χ2v) is 4.02. The monoisotopic (exact) mass is 286 g/mol. The third kappa shape index (κ3) is 2.22. The zero-order chi connectivity index (χ0) is 14.8. The maximum Gasteiger partial charge on any atom is 0.339 e. The Labute approximate surface area is 118 Å². The normalized spacial score (nSPS) is 10.5. The molecule has 0 spiro atoms. The quantitative estimate of drug-likeness (QED) is 0.752. The van der Waals surface area contributed by atoms with Gasteiger partial charge in [0, 0.05) is 0 Å². The number of rotatable bonds is 4. The van der Waals surface area contributed by atoms with E-state index < -0.39 is 5.97 Å². The van der Waals surface area contributed by atoms with Crippen LogP contribution in [-0.4, -0.2) is 38.1 Å². The van der Waals surface area contributed by atoms with Crippen LogP contribution in [0.4, 0.5) is 0 Å². The van der Waals surface area contributed by atoms with Gasteiger partial charge in [0.2, 0.25) is 5.88 Å². The molecule has 0 unspecified atom stereocenters. The number of nitrogens with zero attached hydrogens (tertiary/aromatic N) is 3. The molecule has 3 rings (SSSR count). The molecule has 0 aliphatic heterocycles. The number of ether oxygens (including phenoxy) is 2. The maximum atomic E-state index is 11.3. The summed E-state index contributed by atoms with van der Waals surface area (Å²) in [6, 6.07) is 4.60. The Kier molecular flexibility index (Phi) is 3.11. The Balaban J connectivity index is 2.13. The van der Waals surface area contributed by atoms with Crippen LogP contribution in [0.1, 0.15) is 10.4 Å². The largest absolute Gasteiger partial charge is 0.493 e. The highest BCUT2D eigenvalue weighted by molar-refractivity contribution is 5.92. The lowest BCUT2D eigenvalue weighted by Crippen LogP contribution is -2.03. The first-order valence-electron chi connectivity index (χ1n) is 5.93. The molecule has 2 N–H and O–H groups in total. The van der Waals surface area contributed by atoms with Crippen LogP contribution in [0.5, 0.6) is 17.4 Å². The lowest BCUT2D eigenvalue weighted by Gasteiger charge is -2.12. The summed E-state index contributed by atoms with van der Waals surface area (Å²) >= 11 is 0. The summed E-state index contributed by atoms with van der Waals surface area (Å²) in [4.78, 5) is 26.1. The van der Waals surface area contributed by atoms with E-state index >= 15 is 0 Å². The van der Waals surface area contributed by atoms with Crippen LogP contribution in [0.2, 0.25) is 0 Å². The molecular weight excluding hydrogens is 276 g/mol. The van der Waals surface area contributed by atoms with E-state index in [0.717, 1.165) is 0 Å². The number of benzene rings is 1. The highest BCUT2D eigenvalue weighted by Gasteiger charge is 2.19. The second-order valence-electron chi connectivity index (χ2n) is 4.02. The van der Waals surface area contributed by atoms with Crippen LogP contribution in [0, 0.1) is 0 Å². The Morgan fingerprint density at radius 1 is 1.29 bits per heavy atom. The van der Waals surface area contributed by atoms with Crippen LogP contribution in [0.15, 0.2) is 30.9 Å². The van der Waals surface area contributed by atoms with Gasteiger partial charge in [-0.15, -0.1) is 0 Å². The van der Waals surface area contributed by atoms with Gasteiger partial charge in [-0.05, 0) is 12.1 Å². The Morgan fingerprint density at radius 2 is 2.14 bits per heavy atom. The van der Waals surface area contributed by atoms with Crippen molar-refractivity contribution in [3.05, 3.63) is 36.4 Å². The smallest absolute Gasteiger partial charge is 0.339 e. The molecule has 8 heteroatoms. The summed E-state index contributed by atoms with van der Waals surface area (Å²) in [6.45, 7) is 0. The number of fused-ring (bicyclic) bond motifs is 1. The van der Waals surface area contributed by atoms with Crippen molar-refractivity contribution < 1.29 is 19.4 Å². The molecule has 0 saturated carbocycles. The predicted octanol–water partition coefficient (Wildman–Crippen LogP) is 1.85. The molecule has 0 aliphatic carbocycles. The zero-order valence-electron chi connectivity index (χ0n) is 10.9. The third-order valence-electron chi connectivity index (χ3n) is 2.82.